The minimum absolute atomic E-state index is 0.134. The Morgan fingerprint density at radius 3 is 2.32 bits per heavy atom. The highest BCUT2D eigenvalue weighted by atomic mass is 35.5. The summed E-state index contributed by atoms with van der Waals surface area (Å²) >= 11 is 7.31. The van der Waals surface area contributed by atoms with Crippen LogP contribution in [0.25, 0.3) is 0 Å². The molecule has 148 valence electrons. The van der Waals surface area contributed by atoms with Gasteiger partial charge in [0.1, 0.15) is 0 Å². The number of hydrogen-bond acceptors (Lipinski definition) is 5. The standard InChI is InChI=1S/C20H21ClN2O4S/c1-13(20(26)23-18-8-6-17(7-9-18)22-14(2)24)27-19(25)12-28-11-15-4-3-5-16(21)10-15/h3-10,13H,11-12H2,1-2H3,(H,22,24)(H,23,26)/t13-/m1/s1. The fourth-order valence-electron chi connectivity index (χ4n) is 2.25. The van der Waals surface area contributed by atoms with Gasteiger partial charge in [0.2, 0.25) is 5.91 Å². The number of halogens is 1. The summed E-state index contributed by atoms with van der Waals surface area (Å²) in [6, 6.07) is 14.0. The van der Waals surface area contributed by atoms with Crippen LogP contribution in [0.4, 0.5) is 11.4 Å². The van der Waals surface area contributed by atoms with E-state index in [0.717, 1.165) is 5.56 Å². The molecule has 2 rings (SSSR count). The predicted molar refractivity (Wildman–Crippen MR) is 113 cm³/mol. The minimum Gasteiger partial charge on any atom is -0.452 e. The quantitative estimate of drug-likeness (QED) is 0.628. The zero-order valence-corrected chi connectivity index (χ0v) is 17.1. The van der Waals surface area contributed by atoms with Crippen molar-refractivity contribution in [1.82, 2.24) is 0 Å². The third-order valence-corrected chi connectivity index (χ3v) is 4.74. The summed E-state index contributed by atoms with van der Waals surface area (Å²) in [6.45, 7) is 2.93. The molecule has 0 unspecified atom stereocenters. The van der Waals surface area contributed by atoms with Crippen LogP contribution in [-0.2, 0) is 24.9 Å². The van der Waals surface area contributed by atoms with Crippen molar-refractivity contribution in [3.63, 3.8) is 0 Å². The third kappa shape index (κ3) is 7.62. The maximum atomic E-state index is 12.2. The highest BCUT2D eigenvalue weighted by Gasteiger charge is 2.18. The van der Waals surface area contributed by atoms with Crippen molar-refractivity contribution in [1.29, 1.82) is 0 Å². The van der Waals surface area contributed by atoms with Crippen LogP contribution in [0.15, 0.2) is 48.5 Å². The molecule has 0 saturated carbocycles. The first kappa shape index (κ1) is 21.8. The summed E-state index contributed by atoms with van der Waals surface area (Å²) in [5.41, 5.74) is 2.18. The zero-order chi connectivity index (χ0) is 20.5. The molecule has 2 aromatic rings. The number of amides is 2. The van der Waals surface area contributed by atoms with Gasteiger partial charge in [0, 0.05) is 29.1 Å². The topological polar surface area (TPSA) is 84.5 Å². The van der Waals surface area contributed by atoms with Gasteiger partial charge in [0.25, 0.3) is 5.91 Å². The molecule has 0 aliphatic rings. The Labute approximate surface area is 173 Å². The van der Waals surface area contributed by atoms with Crippen LogP contribution in [0.1, 0.15) is 19.4 Å². The molecule has 0 aliphatic carbocycles. The van der Waals surface area contributed by atoms with E-state index in [1.165, 1.54) is 25.6 Å². The van der Waals surface area contributed by atoms with Gasteiger partial charge in [0.05, 0.1) is 5.75 Å². The molecule has 6 nitrogen and oxygen atoms in total. The number of hydrogen-bond donors (Lipinski definition) is 2. The van der Waals surface area contributed by atoms with Crippen LogP contribution in [0.5, 0.6) is 0 Å². The van der Waals surface area contributed by atoms with E-state index >= 15 is 0 Å². The number of thioether (sulfide) groups is 1. The van der Waals surface area contributed by atoms with Crippen LogP contribution in [0.3, 0.4) is 0 Å². The number of esters is 1. The van der Waals surface area contributed by atoms with Crippen molar-refractivity contribution < 1.29 is 19.1 Å². The molecule has 1 atom stereocenters. The van der Waals surface area contributed by atoms with Gasteiger partial charge >= 0.3 is 5.97 Å². The maximum Gasteiger partial charge on any atom is 0.316 e. The first-order valence-electron chi connectivity index (χ1n) is 8.53. The van der Waals surface area contributed by atoms with Gasteiger partial charge in [-0.1, -0.05) is 23.7 Å². The van der Waals surface area contributed by atoms with Crippen molar-refractivity contribution in [2.75, 3.05) is 16.4 Å². The van der Waals surface area contributed by atoms with Crippen molar-refractivity contribution in [2.45, 2.75) is 25.7 Å². The largest absolute Gasteiger partial charge is 0.452 e. The normalized spacial score (nSPS) is 11.4. The summed E-state index contributed by atoms with van der Waals surface area (Å²) in [4.78, 5) is 35.1. The van der Waals surface area contributed by atoms with E-state index in [0.29, 0.717) is 22.2 Å². The van der Waals surface area contributed by atoms with Crippen LogP contribution in [0, 0.1) is 0 Å². The molecule has 0 radical (unpaired) electrons. The molecule has 2 N–H and O–H groups in total. The van der Waals surface area contributed by atoms with E-state index in [1.807, 2.05) is 18.2 Å². The lowest BCUT2D eigenvalue weighted by molar-refractivity contribution is -0.150. The van der Waals surface area contributed by atoms with E-state index in [-0.39, 0.29) is 11.7 Å². The second kappa shape index (κ2) is 10.7. The first-order chi connectivity index (χ1) is 13.3. The maximum absolute atomic E-state index is 12.2. The van der Waals surface area contributed by atoms with Gasteiger partial charge in [-0.2, -0.15) is 0 Å². The molecule has 0 fully saturated rings. The van der Waals surface area contributed by atoms with E-state index in [2.05, 4.69) is 10.6 Å². The lowest BCUT2D eigenvalue weighted by Gasteiger charge is -2.14. The first-order valence-corrected chi connectivity index (χ1v) is 10.1. The van der Waals surface area contributed by atoms with Gasteiger partial charge in [0.15, 0.2) is 6.10 Å². The van der Waals surface area contributed by atoms with E-state index < -0.39 is 18.0 Å². The molecular formula is C20H21ClN2O4S. The predicted octanol–water partition coefficient (Wildman–Crippen LogP) is 4.10. The summed E-state index contributed by atoms with van der Waals surface area (Å²) in [6.07, 6.45) is -0.922. The van der Waals surface area contributed by atoms with Crippen molar-refractivity contribution in [3.05, 3.63) is 59.1 Å². The summed E-state index contributed by atoms with van der Waals surface area (Å²) in [5, 5.41) is 5.95. The zero-order valence-electron chi connectivity index (χ0n) is 15.5. The highest BCUT2D eigenvalue weighted by molar-refractivity contribution is 7.99. The van der Waals surface area contributed by atoms with Gasteiger partial charge in [-0.05, 0) is 48.9 Å². The smallest absolute Gasteiger partial charge is 0.316 e. The molecule has 0 saturated heterocycles. The summed E-state index contributed by atoms with van der Waals surface area (Å²) < 4.78 is 5.17. The minimum atomic E-state index is -0.922. The van der Waals surface area contributed by atoms with Crippen LogP contribution < -0.4 is 10.6 Å². The molecule has 0 spiro atoms. The average molecular weight is 421 g/mol. The second-order valence-corrected chi connectivity index (χ2v) is 7.42. The average Bonchev–Trinajstić information content (AvgIpc) is 2.63. The van der Waals surface area contributed by atoms with Gasteiger partial charge < -0.3 is 15.4 Å². The molecule has 2 amide bonds. The second-order valence-electron chi connectivity index (χ2n) is 6.00. The lowest BCUT2D eigenvalue weighted by atomic mass is 10.2. The van der Waals surface area contributed by atoms with E-state index in [9.17, 15) is 14.4 Å². The number of carbonyl (C=O) groups excluding carboxylic acids is 3. The fraction of sp³-hybridized carbons (Fsp3) is 0.250. The number of carbonyl (C=O) groups is 3. The van der Waals surface area contributed by atoms with Crippen LogP contribution in [-0.4, -0.2) is 29.6 Å². The molecule has 2 aromatic carbocycles. The Hall–Kier alpha value is -2.51. The SMILES string of the molecule is CC(=O)Nc1ccc(NC(=O)[C@@H](C)OC(=O)CSCc2cccc(Cl)c2)cc1. The number of rotatable bonds is 8. The molecule has 0 heterocycles. The van der Waals surface area contributed by atoms with Crippen LogP contribution >= 0.6 is 23.4 Å². The van der Waals surface area contributed by atoms with E-state index in [1.54, 1.807) is 30.3 Å². The molecule has 0 aliphatic heterocycles. The fourth-order valence-corrected chi connectivity index (χ4v) is 3.21. The Morgan fingerprint density at radius 2 is 1.71 bits per heavy atom. The molecule has 28 heavy (non-hydrogen) atoms. The van der Waals surface area contributed by atoms with E-state index in [4.69, 9.17) is 16.3 Å². The lowest BCUT2D eigenvalue weighted by Crippen LogP contribution is -2.30. The Kier molecular flexibility index (Phi) is 8.35. The van der Waals surface area contributed by atoms with Crippen molar-refractivity contribution in [2.24, 2.45) is 0 Å². The van der Waals surface area contributed by atoms with Crippen molar-refractivity contribution in [3.8, 4) is 0 Å². The molecule has 8 heteroatoms. The highest BCUT2D eigenvalue weighted by Crippen LogP contribution is 2.17. The molecular weight excluding hydrogens is 400 g/mol. The Morgan fingerprint density at radius 1 is 1.07 bits per heavy atom. The van der Waals surface area contributed by atoms with Gasteiger partial charge in [-0.3, -0.25) is 14.4 Å². The monoisotopic (exact) mass is 420 g/mol. The Bertz CT molecular complexity index is 842. The number of anilines is 2. The summed E-state index contributed by atoms with van der Waals surface area (Å²) in [5.74, 6) is -0.311. The van der Waals surface area contributed by atoms with Gasteiger partial charge in [-0.25, -0.2) is 0 Å². The third-order valence-electron chi connectivity index (χ3n) is 3.53. The molecule has 0 aromatic heterocycles. The Balaban J connectivity index is 1.74. The number of benzene rings is 2. The van der Waals surface area contributed by atoms with Crippen molar-refractivity contribution >= 4 is 52.5 Å². The number of ether oxygens (including phenoxy) is 1. The van der Waals surface area contributed by atoms with Crippen LogP contribution in [0.2, 0.25) is 5.02 Å². The van der Waals surface area contributed by atoms with Gasteiger partial charge in [-0.15, -0.1) is 11.8 Å². The molecule has 0 bridgehead atoms. The number of nitrogens with one attached hydrogen (secondary N) is 2. The summed E-state index contributed by atoms with van der Waals surface area (Å²) in [7, 11) is 0.